The van der Waals surface area contributed by atoms with E-state index < -0.39 is 41.4 Å². The SMILES string of the molecule is NC(=O)c1ccc(C(=O)NCc2c(F)cc(F)cc2F)cn1. The Balaban J connectivity index is 2.08. The number of nitrogens with two attached hydrogens (primary N) is 1. The molecule has 1 heterocycles. The first-order chi connectivity index (χ1) is 10.4. The summed E-state index contributed by atoms with van der Waals surface area (Å²) in [5, 5.41) is 2.27. The number of amides is 2. The molecule has 0 unspecified atom stereocenters. The summed E-state index contributed by atoms with van der Waals surface area (Å²) in [6.07, 6.45) is 1.10. The molecule has 0 radical (unpaired) electrons. The van der Waals surface area contributed by atoms with Gasteiger partial charge in [-0.15, -0.1) is 0 Å². The van der Waals surface area contributed by atoms with Crippen LogP contribution in [0.15, 0.2) is 30.5 Å². The van der Waals surface area contributed by atoms with E-state index in [9.17, 15) is 22.8 Å². The van der Waals surface area contributed by atoms with Crippen molar-refractivity contribution in [2.24, 2.45) is 5.73 Å². The van der Waals surface area contributed by atoms with Crippen LogP contribution in [0.2, 0.25) is 0 Å². The summed E-state index contributed by atoms with van der Waals surface area (Å²) in [4.78, 5) is 26.3. The van der Waals surface area contributed by atoms with Crippen LogP contribution in [0.25, 0.3) is 0 Å². The monoisotopic (exact) mass is 309 g/mol. The Morgan fingerprint density at radius 2 is 1.77 bits per heavy atom. The van der Waals surface area contributed by atoms with E-state index >= 15 is 0 Å². The standard InChI is InChI=1S/C14H10F3N3O2/c15-8-3-10(16)9(11(17)4-8)6-20-14(22)7-1-2-12(13(18)21)19-5-7/h1-5H,6H2,(H2,18,21)(H,20,22). The average Bonchev–Trinajstić information content (AvgIpc) is 2.46. The summed E-state index contributed by atoms with van der Waals surface area (Å²) in [5.41, 5.74) is 4.60. The zero-order valence-electron chi connectivity index (χ0n) is 11.1. The average molecular weight is 309 g/mol. The second-order valence-electron chi connectivity index (χ2n) is 4.33. The van der Waals surface area contributed by atoms with Crippen molar-refractivity contribution in [3.05, 3.63) is 64.7 Å². The Morgan fingerprint density at radius 3 is 2.27 bits per heavy atom. The van der Waals surface area contributed by atoms with Crippen molar-refractivity contribution in [3.63, 3.8) is 0 Å². The minimum absolute atomic E-state index is 0.0211. The first kappa shape index (κ1) is 15.5. The van der Waals surface area contributed by atoms with Gasteiger partial charge in [0.25, 0.3) is 11.8 Å². The molecule has 22 heavy (non-hydrogen) atoms. The van der Waals surface area contributed by atoms with Gasteiger partial charge in [0.2, 0.25) is 0 Å². The Kier molecular flexibility index (Phi) is 4.40. The van der Waals surface area contributed by atoms with E-state index in [1.54, 1.807) is 0 Å². The Bertz CT molecular complexity index is 710. The summed E-state index contributed by atoms with van der Waals surface area (Å²) in [6, 6.07) is 3.58. The number of benzene rings is 1. The molecule has 8 heteroatoms. The molecule has 0 aliphatic heterocycles. The van der Waals surface area contributed by atoms with Crippen LogP contribution in [0.3, 0.4) is 0 Å². The molecule has 0 spiro atoms. The minimum Gasteiger partial charge on any atom is -0.364 e. The minimum atomic E-state index is -1.10. The van der Waals surface area contributed by atoms with Crippen molar-refractivity contribution in [1.29, 1.82) is 0 Å². The highest BCUT2D eigenvalue weighted by atomic mass is 19.1. The smallest absolute Gasteiger partial charge is 0.267 e. The molecule has 0 fully saturated rings. The van der Waals surface area contributed by atoms with Crippen LogP contribution in [-0.2, 0) is 6.54 Å². The quantitative estimate of drug-likeness (QED) is 0.898. The van der Waals surface area contributed by atoms with Crippen LogP contribution in [0.1, 0.15) is 26.4 Å². The zero-order chi connectivity index (χ0) is 16.3. The topological polar surface area (TPSA) is 85.1 Å². The van der Waals surface area contributed by atoms with E-state index in [4.69, 9.17) is 5.73 Å². The maximum Gasteiger partial charge on any atom is 0.267 e. The molecule has 0 bridgehead atoms. The Morgan fingerprint density at radius 1 is 1.14 bits per heavy atom. The van der Waals surface area contributed by atoms with Crippen LogP contribution in [0.4, 0.5) is 13.2 Å². The summed E-state index contributed by atoms with van der Waals surface area (Å²) in [5.74, 6) is -4.65. The third-order valence-corrected chi connectivity index (χ3v) is 2.81. The fraction of sp³-hybridized carbons (Fsp3) is 0.0714. The number of primary amides is 1. The lowest BCUT2D eigenvalue weighted by atomic mass is 10.1. The van der Waals surface area contributed by atoms with Gasteiger partial charge in [-0.3, -0.25) is 14.6 Å². The number of nitrogens with one attached hydrogen (secondary N) is 1. The van der Waals surface area contributed by atoms with Crippen LogP contribution in [0.5, 0.6) is 0 Å². The lowest BCUT2D eigenvalue weighted by Gasteiger charge is -2.08. The highest BCUT2D eigenvalue weighted by Gasteiger charge is 2.14. The summed E-state index contributed by atoms with van der Waals surface area (Å²) in [6.45, 7) is -0.464. The van der Waals surface area contributed by atoms with E-state index in [0.29, 0.717) is 12.1 Å². The molecule has 114 valence electrons. The van der Waals surface area contributed by atoms with Gasteiger partial charge in [-0.2, -0.15) is 0 Å². The lowest BCUT2D eigenvalue weighted by Crippen LogP contribution is -2.24. The van der Waals surface area contributed by atoms with E-state index in [-0.39, 0.29) is 11.3 Å². The van der Waals surface area contributed by atoms with Crippen LogP contribution in [0, 0.1) is 17.5 Å². The Hall–Kier alpha value is -2.90. The van der Waals surface area contributed by atoms with Gasteiger partial charge in [0.1, 0.15) is 23.1 Å². The van der Waals surface area contributed by atoms with Crippen LogP contribution in [-0.4, -0.2) is 16.8 Å². The number of rotatable bonds is 4. The van der Waals surface area contributed by atoms with E-state index in [1.165, 1.54) is 12.1 Å². The maximum atomic E-state index is 13.4. The molecule has 2 amide bonds. The van der Waals surface area contributed by atoms with Gasteiger partial charge >= 0.3 is 0 Å². The zero-order valence-corrected chi connectivity index (χ0v) is 11.1. The number of nitrogens with zero attached hydrogens (tertiary/aromatic N) is 1. The highest BCUT2D eigenvalue weighted by Crippen LogP contribution is 2.14. The molecule has 0 saturated heterocycles. The molecule has 0 saturated carbocycles. The normalized spacial score (nSPS) is 10.3. The third kappa shape index (κ3) is 3.40. The molecular weight excluding hydrogens is 299 g/mol. The molecule has 1 aromatic carbocycles. The highest BCUT2D eigenvalue weighted by molar-refractivity contribution is 5.95. The number of hydrogen-bond donors (Lipinski definition) is 2. The molecule has 3 N–H and O–H groups in total. The largest absolute Gasteiger partial charge is 0.364 e. The van der Waals surface area contributed by atoms with Gasteiger partial charge in [-0.05, 0) is 12.1 Å². The molecule has 0 aliphatic carbocycles. The van der Waals surface area contributed by atoms with Gasteiger partial charge in [0.15, 0.2) is 0 Å². The molecule has 2 aromatic rings. The summed E-state index contributed by atoms with van der Waals surface area (Å²) < 4.78 is 39.6. The lowest BCUT2D eigenvalue weighted by molar-refractivity contribution is 0.0946. The van der Waals surface area contributed by atoms with Crippen molar-refractivity contribution in [3.8, 4) is 0 Å². The van der Waals surface area contributed by atoms with Gasteiger partial charge in [0, 0.05) is 30.4 Å². The number of carbonyl (C=O) groups excluding carboxylic acids is 2. The van der Waals surface area contributed by atoms with E-state index in [1.807, 2.05) is 0 Å². The van der Waals surface area contributed by atoms with Crippen LogP contribution >= 0.6 is 0 Å². The second kappa shape index (κ2) is 6.25. The number of aromatic nitrogens is 1. The molecular formula is C14H10F3N3O2. The number of halogens is 3. The molecule has 5 nitrogen and oxygen atoms in total. The summed E-state index contributed by atoms with van der Waals surface area (Å²) in [7, 11) is 0. The summed E-state index contributed by atoms with van der Waals surface area (Å²) >= 11 is 0. The van der Waals surface area contributed by atoms with E-state index in [2.05, 4.69) is 10.3 Å². The maximum absolute atomic E-state index is 13.4. The number of pyridine rings is 1. The van der Waals surface area contributed by atoms with Gasteiger partial charge < -0.3 is 11.1 Å². The van der Waals surface area contributed by atoms with Gasteiger partial charge in [-0.25, -0.2) is 13.2 Å². The van der Waals surface area contributed by atoms with E-state index in [0.717, 1.165) is 6.20 Å². The first-order valence-corrected chi connectivity index (χ1v) is 6.06. The molecule has 0 aliphatic rings. The van der Waals surface area contributed by atoms with Crippen molar-refractivity contribution in [2.45, 2.75) is 6.54 Å². The van der Waals surface area contributed by atoms with Crippen molar-refractivity contribution < 1.29 is 22.8 Å². The van der Waals surface area contributed by atoms with Crippen LogP contribution < -0.4 is 11.1 Å². The number of carbonyl (C=O) groups is 2. The van der Waals surface area contributed by atoms with Gasteiger partial charge in [-0.1, -0.05) is 0 Å². The van der Waals surface area contributed by atoms with Gasteiger partial charge in [0.05, 0.1) is 5.56 Å². The third-order valence-electron chi connectivity index (χ3n) is 2.81. The second-order valence-corrected chi connectivity index (χ2v) is 4.33. The predicted molar refractivity (Wildman–Crippen MR) is 70.2 cm³/mol. The first-order valence-electron chi connectivity index (χ1n) is 6.06. The molecule has 1 aromatic heterocycles. The fourth-order valence-electron chi connectivity index (χ4n) is 1.69. The molecule has 2 rings (SSSR count). The van der Waals surface area contributed by atoms with Crippen molar-refractivity contribution >= 4 is 11.8 Å². The van der Waals surface area contributed by atoms with Crippen molar-refractivity contribution in [2.75, 3.05) is 0 Å². The Labute approximate surface area is 123 Å². The van der Waals surface area contributed by atoms with Crippen molar-refractivity contribution in [1.82, 2.24) is 10.3 Å². The number of hydrogen-bond acceptors (Lipinski definition) is 3. The molecule has 0 atom stereocenters. The predicted octanol–water partition coefficient (Wildman–Crippen LogP) is 1.53. The fourth-order valence-corrected chi connectivity index (χ4v) is 1.69.